The fourth-order valence-corrected chi connectivity index (χ4v) is 5.49. The highest BCUT2D eigenvalue weighted by atomic mass is 16.3. The summed E-state index contributed by atoms with van der Waals surface area (Å²) in [5.41, 5.74) is 1.47. The molecule has 1 aromatic heterocycles. The van der Waals surface area contributed by atoms with Crippen LogP contribution in [-0.2, 0) is 4.79 Å². The summed E-state index contributed by atoms with van der Waals surface area (Å²) in [5, 5.41) is 23.8. The molecule has 3 N–H and O–H groups in total. The van der Waals surface area contributed by atoms with Gasteiger partial charge in [0.2, 0.25) is 5.91 Å². The number of nitrogens with zero attached hydrogens (tertiary/aromatic N) is 1. The Morgan fingerprint density at radius 1 is 1.30 bits per heavy atom. The number of aromatic nitrogens is 1. The number of carbonyl (C=O) groups excluding carboxylic acids is 1. The quantitative estimate of drug-likeness (QED) is 0.265. The van der Waals surface area contributed by atoms with E-state index in [-0.39, 0.29) is 17.9 Å². The molecule has 6 atom stereocenters. The summed E-state index contributed by atoms with van der Waals surface area (Å²) in [6.45, 7) is 4.41. The van der Waals surface area contributed by atoms with E-state index in [9.17, 15) is 15.0 Å². The average molecular weight is 455 g/mol. The summed E-state index contributed by atoms with van der Waals surface area (Å²) >= 11 is 0. The van der Waals surface area contributed by atoms with E-state index in [4.69, 9.17) is 0 Å². The van der Waals surface area contributed by atoms with Crippen LogP contribution < -0.4 is 5.32 Å². The Bertz CT molecular complexity index is 792. The van der Waals surface area contributed by atoms with Crippen molar-refractivity contribution < 1.29 is 15.0 Å². The van der Waals surface area contributed by atoms with Crippen LogP contribution in [0.25, 0.3) is 0 Å². The molecule has 0 spiro atoms. The molecule has 1 saturated carbocycles. The topological polar surface area (TPSA) is 82.5 Å². The van der Waals surface area contributed by atoms with E-state index in [1.807, 2.05) is 18.2 Å². The summed E-state index contributed by atoms with van der Waals surface area (Å²) in [6, 6.07) is 5.49. The third-order valence-electron chi connectivity index (χ3n) is 7.28. The number of amides is 1. The van der Waals surface area contributed by atoms with Gasteiger partial charge in [0.15, 0.2) is 0 Å². The molecule has 0 unspecified atom stereocenters. The van der Waals surface area contributed by atoms with Crippen LogP contribution in [0, 0.1) is 23.7 Å². The summed E-state index contributed by atoms with van der Waals surface area (Å²) in [6.07, 6.45) is 16.9. The second kappa shape index (κ2) is 13.0. The van der Waals surface area contributed by atoms with E-state index in [2.05, 4.69) is 36.3 Å². The Morgan fingerprint density at radius 3 is 2.91 bits per heavy atom. The molecule has 3 rings (SSSR count). The normalized spacial score (nSPS) is 26.2. The highest BCUT2D eigenvalue weighted by Crippen LogP contribution is 2.48. The summed E-state index contributed by atoms with van der Waals surface area (Å²) in [7, 11) is 0. The molecular weight excluding hydrogens is 412 g/mol. The number of hydrogen-bond donors (Lipinski definition) is 3. The van der Waals surface area contributed by atoms with Crippen molar-refractivity contribution in [2.45, 2.75) is 90.3 Å². The maximum Gasteiger partial charge on any atom is 0.225 e. The first-order chi connectivity index (χ1) is 16.0. The fraction of sp³-hybridized carbons (Fsp3) is 0.643. The number of hydrogen-bond acceptors (Lipinski definition) is 4. The maximum absolute atomic E-state index is 12.1. The van der Waals surface area contributed by atoms with Gasteiger partial charge in [-0.25, -0.2) is 4.98 Å². The zero-order valence-corrected chi connectivity index (χ0v) is 20.3. The highest BCUT2D eigenvalue weighted by Gasteiger charge is 2.43. The van der Waals surface area contributed by atoms with Crippen LogP contribution >= 0.6 is 0 Å². The fourth-order valence-electron chi connectivity index (χ4n) is 5.49. The van der Waals surface area contributed by atoms with Crippen molar-refractivity contribution in [1.82, 2.24) is 4.98 Å². The van der Waals surface area contributed by atoms with Crippen LogP contribution in [0.4, 0.5) is 5.82 Å². The minimum absolute atomic E-state index is 0.0156. The SMILES string of the molecule is CCCC[C@H](C)C[C@H](O)C=C[C@@H]1[C@H]2CC(CCCCC(=O)Nc3ccccn3)=C[C@H]2C[C@H]1O. The molecule has 182 valence electrons. The average Bonchev–Trinajstić information content (AvgIpc) is 3.30. The number of unbranched alkanes of at least 4 members (excludes halogenated alkanes) is 2. The van der Waals surface area contributed by atoms with Crippen LogP contribution in [0.2, 0.25) is 0 Å². The van der Waals surface area contributed by atoms with Gasteiger partial charge in [0.25, 0.3) is 0 Å². The van der Waals surface area contributed by atoms with Crippen LogP contribution in [-0.4, -0.2) is 33.3 Å². The van der Waals surface area contributed by atoms with Crippen molar-refractivity contribution in [3.05, 3.63) is 48.2 Å². The smallest absolute Gasteiger partial charge is 0.225 e. The van der Waals surface area contributed by atoms with Gasteiger partial charge in [0.05, 0.1) is 12.2 Å². The minimum Gasteiger partial charge on any atom is -0.392 e. The molecule has 2 aliphatic carbocycles. The second-order valence-corrected chi connectivity index (χ2v) is 10.1. The Kier molecular flexibility index (Phi) is 10.1. The van der Waals surface area contributed by atoms with Gasteiger partial charge >= 0.3 is 0 Å². The standard InChI is InChI=1S/C28H42N2O3/c1-3-4-9-20(2)16-23(31)13-14-24-25-18-21(17-22(25)19-26(24)32)10-5-6-12-28(33)30-27-11-7-8-15-29-27/h7-8,11,13-15,17,20,22-26,31-32H,3-6,9-10,12,16,18-19H2,1-2H3,(H,29,30,33)/t20-,22-,23+,24+,25-,26+/m0/s1. The summed E-state index contributed by atoms with van der Waals surface area (Å²) < 4.78 is 0. The number of rotatable bonds is 13. The molecule has 1 amide bonds. The second-order valence-electron chi connectivity index (χ2n) is 10.1. The lowest BCUT2D eigenvalue weighted by Crippen LogP contribution is -2.18. The van der Waals surface area contributed by atoms with Crippen molar-refractivity contribution >= 4 is 11.7 Å². The van der Waals surface area contributed by atoms with E-state index in [0.29, 0.717) is 30.0 Å². The first kappa shape index (κ1) is 25.6. The van der Waals surface area contributed by atoms with Crippen LogP contribution in [0.15, 0.2) is 48.2 Å². The monoisotopic (exact) mass is 454 g/mol. The van der Waals surface area contributed by atoms with Crippen molar-refractivity contribution in [1.29, 1.82) is 0 Å². The van der Waals surface area contributed by atoms with Gasteiger partial charge in [-0.15, -0.1) is 0 Å². The Balaban J connectivity index is 1.38. The molecule has 1 aromatic rings. The van der Waals surface area contributed by atoms with Gasteiger partial charge in [-0.05, 0) is 68.4 Å². The molecule has 33 heavy (non-hydrogen) atoms. The van der Waals surface area contributed by atoms with Crippen molar-refractivity contribution in [2.75, 3.05) is 5.32 Å². The molecule has 1 fully saturated rings. The van der Waals surface area contributed by atoms with Crippen LogP contribution in [0.5, 0.6) is 0 Å². The molecule has 5 heteroatoms. The zero-order chi connectivity index (χ0) is 23.6. The molecule has 0 aliphatic heterocycles. The predicted molar refractivity (Wildman–Crippen MR) is 134 cm³/mol. The number of fused-ring (bicyclic) bond motifs is 1. The molecule has 0 radical (unpaired) electrons. The molecule has 0 aromatic carbocycles. The Labute approximate surface area is 199 Å². The largest absolute Gasteiger partial charge is 0.392 e. The van der Waals surface area contributed by atoms with E-state index < -0.39 is 6.10 Å². The third kappa shape index (κ3) is 8.08. The molecule has 0 bridgehead atoms. The van der Waals surface area contributed by atoms with Gasteiger partial charge in [0, 0.05) is 18.5 Å². The molecular formula is C28H42N2O3. The lowest BCUT2D eigenvalue weighted by atomic mass is 9.88. The van der Waals surface area contributed by atoms with E-state index in [1.54, 1.807) is 12.3 Å². The number of nitrogens with one attached hydrogen (secondary N) is 1. The molecule has 0 saturated heterocycles. The van der Waals surface area contributed by atoms with Gasteiger partial charge in [-0.1, -0.05) is 63.0 Å². The van der Waals surface area contributed by atoms with Gasteiger partial charge < -0.3 is 15.5 Å². The number of aliphatic hydroxyl groups excluding tert-OH is 2. The van der Waals surface area contributed by atoms with Crippen molar-refractivity contribution in [3.8, 4) is 0 Å². The maximum atomic E-state index is 12.1. The van der Waals surface area contributed by atoms with Crippen molar-refractivity contribution in [2.24, 2.45) is 23.7 Å². The van der Waals surface area contributed by atoms with Gasteiger partial charge in [0.1, 0.15) is 5.82 Å². The van der Waals surface area contributed by atoms with Gasteiger partial charge in [-0.2, -0.15) is 0 Å². The zero-order valence-electron chi connectivity index (χ0n) is 20.3. The third-order valence-corrected chi connectivity index (χ3v) is 7.28. The van der Waals surface area contributed by atoms with E-state index >= 15 is 0 Å². The van der Waals surface area contributed by atoms with Crippen LogP contribution in [0.3, 0.4) is 0 Å². The molecule has 5 nitrogen and oxygen atoms in total. The number of anilines is 1. The predicted octanol–water partition coefficient (Wildman–Crippen LogP) is 5.66. The van der Waals surface area contributed by atoms with Crippen molar-refractivity contribution in [3.63, 3.8) is 0 Å². The highest BCUT2D eigenvalue weighted by molar-refractivity contribution is 5.89. The minimum atomic E-state index is -0.422. The summed E-state index contributed by atoms with van der Waals surface area (Å²) in [4.78, 5) is 16.2. The number of carbonyl (C=O) groups is 1. The Morgan fingerprint density at radius 2 is 2.15 bits per heavy atom. The molecule has 1 heterocycles. The van der Waals surface area contributed by atoms with E-state index in [0.717, 1.165) is 44.9 Å². The lowest BCUT2D eigenvalue weighted by molar-refractivity contribution is -0.116. The summed E-state index contributed by atoms with van der Waals surface area (Å²) in [5.74, 6) is 2.17. The number of pyridine rings is 1. The molecule has 2 aliphatic rings. The number of allylic oxidation sites excluding steroid dienone is 2. The first-order valence-corrected chi connectivity index (χ1v) is 12.9. The van der Waals surface area contributed by atoms with Gasteiger partial charge in [-0.3, -0.25) is 4.79 Å². The first-order valence-electron chi connectivity index (χ1n) is 12.9. The lowest BCUT2D eigenvalue weighted by Gasteiger charge is -2.19. The number of aliphatic hydroxyl groups is 2. The Hall–Kier alpha value is -1.98. The van der Waals surface area contributed by atoms with E-state index in [1.165, 1.54) is 18.4 Å². The van der Waals surface area contributed by atoms with Crippen LogP contribution in [0.1, 0.15) is 78.1 Å².